The summed E-state index contributed by atoms with van der Waals surface area (Å²) in [5, 5.41) is 3.33. The second-order valence-electron chi connectivity index (χ2n) is 5.01. The Kier molecular flexibility index (Phi) is 4.25. The molecule has 0 aliphatic carbocycles. The van der Waals surface area contributed by atoms with Gasteiger partial charge < -0.3 is 15.0 Å². The molecule has 6 nitrogen and oxygen atoms in total. The maximum Gasteiger partial charge on any atom is 0.227 e. The largest absolute Gasteiger partial charge is 0.378 e. The van der Waals surface area contributed by atoms with Crippen molar-refractivity contribution in [3.05, 3.63) is 41.9 Å². The van der Waals surface area contributed by atoms with Crippen LogP contribution in [0.3, 0.4) is 0 Å². The lowest BCUT2D eigenvalue weighted by atomic mass is 10.3. The summed E-state index contributed by atoms with van der Waals surface area (Å²) in [5.74, 6) is 1.61. The molecule has 0 atom stereocenters. The Balaban J connectivity index is 1.71. The standard InChI is InChI=1S/C15H19N5O/c1-12-9-14(17-11-13-3-2-4-16-10-13)19-15(18-12)20-5-7-21-8-6-20/h2-4,9-10H,5-8,11H2,1H3,(H,17,18,19). The Morgan fingerprint density at radius 1 is 1.29 bits per heavy atom. The van der Waals surface area contributed by atoms with E-state index >= 15 is 0 Å². The Hall–Kier alpha value is -2.21. The molecule has 2 aromatic rings. The predicted molar refractivity (Wildman–Crippen MR) is 81.4 cm³/mol. The quantitative estimate of drug-likeness (QED) is 0.921. The molecule has 21 heavy (non-hydrogen) atoms. The van der Waals surface area contributed by atoms with Crippen molar-refractivity contribution in [1.82, 2.24) is 15.0 Å². The number of nitrogens with one attached hydrogen (secondary N) is 1. The Morgan fingerprint density at radius 3 is 2.90 bits per heavy atom. The summed E-state index contributed by atoms with van der Waals surface area (Å²) in [4.78, 5) is 15.4. The van der Waals surface area contributed by atoms with Crippen molar-refractivity contribution in [2.24, 2.45) is 0 Å². The zero-order chi connectivity index (χ0) is 14.5. The highest BCUT2D eigenvalue weighted by Gasteiger charge is 2.14. The molecule has 0 bridgehead atoms. The topological polar surface area (TPSA) is 63.2 Å². The highest BCUT2D eigenvalue weighted by Crippen LogP contribution is 2.15. The Morgan fingerprint density at radius 2 is 2.14 bits per heavy atom. The first-order valence-electron chi connectivity index (χ1n) is 7.12. The minimum atomic E-state index is 0.701. The third-order valence-electron chi connectivity index (χ3n) is 3.33. The smallest absolute Gasteiger partial charge is 0.227 e. The third-order valence-corrected chi connectivity index (χ3v) is 3.33. The maximum absolute atomic E-state index is 5.37. The number of pyridine rings is 1. The van der Waals surface area contributed by atoms with Gasteiger partial charge in [-0.2, -0.15) is 4.98 Å². The van der Waals surface area contributed by atoms with Crippen LogP contribution in [-0.2, 0) is 11.3 Å². The molecule has 1 aliphatic heterocycles. The van der Waals surface area contributed by atoms with Crippen LogP contribution in [0.2, 0.25) is 0 Å². The lowest BCUT2D eigenvalue weighted by Gasteiger charge is -2.27. The van der Waals surface area contributed by atoms with Gasteiger partial charge in [-0.25, -0.2) is 4.98 Å². The normalized spacial score (nSPS) is 15.0. The summed E-state index contributed by atoms with van der Waals surface area (Å²) in [7, 11) is 0. The Bertz CT molecular complexity index is 584. The van der Waals surface area contributed by atoms with Crippen LogP contribution in [0.5, 0.6) is 0 Å². The fourth-order valence-corrected chi connectivity index (χ4v) is 2.24. The van der Waals surface area contributed by atoms with Crippen LogP contribution < -0.4 is 10.2 Å². The first-order chi connectivity index (χ1) is 10.3. The first-order valence-corrected chi connectivity index (χ1v) is 7.12. The summed E-state index contributed by atoms with van der Waals surface area (Å²) < 4.78 is 5.37. The van der Waals surface area contributed by atoms with E-state index in [1.165, 1.54) is 0 Å². The zero-order valence-corrected chi connectivity index (χ0v) is 12.1. The molecule has 0 aromatic carbocycles. The number of nitrogens with zero attached hydrogens (tertiary/aromatic N) is 4. The molecule has 0 saturated carbocycles. The molecular weight excluding hydrogens is 266 g/mol. The molecule has 1 saturated heterocycles. The molecule has 3 heterocycles. The number of aryl methyl sites for hydroxylation is 1. The van der Waals surface area contributed by atoms with Crippen LogP contribution in [0.15, 0.2) is 30.6 Å². The predicted octanol–water partition coefficient (Wildman–Crippen LogP) is 1.63. The molecule has 0 amide bonds. The number of anilines is 2. The highest BCUT2D eigenvalue weighted by molar-refractivity contribution is 5.44. The van der Waals surface area contributed by atoms with Gasteiger partial charge in [-0.15, -0.1) is 0 Å². The summed E-state index contributed by atoms with van der Waals surface area (Å²) in [6.45, 7) is 5.83. The van der Waals surface area contributed by atoms with Gasteiger partial charge in [0.2, 0.25) is 5.95 Å². The molecule has 1 aliphatic rings. The number of aromatic nitrogens is 3. The molecule has 6 heteroatoms. The second kappa shape index (κ2) is 6.49. The van der Waals surface area contributed by atoms with E-state index in [4.69, 9.17) is 4.74 Å². The fraction of sp³-hybridized carbons (Fsp3) is 0.400. The number of hydrogen-bond donors (Lipinski definition) is 1. The molecule has 1 N–H and O–H groups in total. The van der Waals surface area contributed by atoms with E-state index < -0.39 is 0 Å². The molecule has 0 unspecified atom stereocenters. The lowest BCUT2D eigenvalue weighted by Crippen LogP contribution is -2.37. The number of hydrogen-bond acceptors (Lipinski definition) is 6. The van der Waals surface area contributed by atoms with Crippen LogP contribution in [0.1, 0.15) is 11.3 Å². The molecule has 1 fully saturated rings. The number of ether oxygens (including phenoxy) is 1. The van der Waals surface area contributed by atoms with Gasteiger partial charge in [-0.1, -0.05) is 6.07 Å². The fourth-order valence-electron chi connectivity index (χ4n) is 2.24. The van der Waals surface area contributed by atoms with Crippen LogP contribution in [-0.4, -0.2) is 41.3 Å². The van der Waals surface area contributed by atoms with E-state index in [1.807, 2.05) is 31.3 Å². The van der Waals surface area contributed by atoms with E-state index in [2.05, 4.69) is 25.2 Å². The average Bonchev–Trinajstić information content (AvgIpc) is 2.54. The second-order valence-corrected chi connectivity index (χ2v) is 5.01. The van der Waals surface area contributed by atoms with Crippen LogP contribution in [0.25, 0.3) is 0 Å². The Labute approximate surface area is 124 Å². The van der Waals surface area contributed by atoms with E-state index in [0.29, 0.717) is 6.54 Å². The van der Waals surface area contributed by atoms with Gasteiger partial charge in [0.1, 0.15) is 5.82 Å². The first kappa shape index (κ1) is 13.8. The molecule has 110 valence electrons. The molecule has 0 radical (unpaired) electrons. The minimum absolute atomic E-state index is 0.701. The van der Waals surface area contributed by atoms with E-state index in [-0.39, 0.29) is 0 Å². The van der Waals surface area contributed by atoms with E-state index in [9.17, 15) is 0 Å². The highest BCUT2D eigenvalue weighted by atomic mass is 16.5. The molecule has 3 rings (SSSR count). The van der Waals surface area contributed by atoms with Gasteiger partial charge in [0, 0.05) is 43.8 Å². The maximum atomic E-state index is 5.37. The third kappa shape index (κ3) is 3.66. The summed E-state index contributed by atoms with van der Waals surface area (Å²) in [6, 6.07) is 5.93. The van der Waals surface area contributed by atoms with Crippen molar-refractivity contribution in [1.29, 1.82) is 0 Å². The number of morpholine rings is 1. The van der Waals surface area contributed by atoms with Gasteiger partial charge in [-0.05, 0) is 18.6 Å². The zero-order valence-electron chi connectivity index (χ0n) is 12.1. The van der Waals surface area contributed by atoms with Crippen molar-refractivity contribution in [2.75, 3.05) is 36.5 Å². The van der Waals surface area contributed by atoms with Crippen molar-refractivity contribution < 1.29 is 4.74 Å². The van der Waals surface area contributed by atoms with E-state index in [1.54, 1.807) is 6.20 Å². The van der Waals surface area contributed by atoms with Crippen molar-refractivity contribution in [3.63, 3.8) is 0 Å². The van der Waals surface area contributed by atoms with Gasteiger partial charge >= 0.3 is 0 Å². The van der Waals surface area contributed by atoms with Crippen molar-refractivity contribution >= 4 is 11.8 Å². The number of rotatable bonds is 4. The summed E-state index contributed by atoms with van der Waals surface area (Å²) in [5.41, 5.74) is 2.09. The monoisotopic (exact) mass is 285 g/mol. The summed E-state index contributed by atoms with van der Waals surface area (Å²) >= 11 is 0. The van der Waals surface area contributed by atoms with Crippen LogP contribution in [0, 0.1) is 6.92 Å². The minimum Gasteiger partial charge on any atom is -0.378 e. The molecule has 2 aromatic heterocycles. The summed E-state index contributed by atoms with van der Waals surface area (Å²) in [6.07, 6.45) is 3.62. The van der Waals surface area contributed by atoms with Crippen molar-refractivity contribution in [2.45, 2.75) is 13.5 Å². The van der Waals surface area contributed by atoms with E-state index in [0.717, 1.165) is 49.3 Å². The molecule has 0 spiro atoms. The molecular formula is C15H19N5O. The van der Waals surface area contributed by atoms with Gasteiger partial charge in [0.25, 0.3) is 0 Å². The van der Waals surface area contributed by atoms with Gasteiger partial charge in [0.15, 0.2) is 0 Å². The van der Waals surface area contributed by atoms with Gasteiger partial charge in [0.05, 0.1) is 13.2 Å². The lowest BCUT2D eigenvalue weighted by molar-refractivity contribution is 0.122. The van der Waals surface area contributed by atoms with Gasteiger partial charge in [-0.3, -0.25) is 4.98 Å². The van der Waals surface area contributed by atoms with Crippen LogP contribution in [0.4, 0.5) is 11.8 Å². The van der Waals surface area contributed by atoms with Crippen molar-refractivity contribution in [3.8, 4) is 0 Å². The van der Waals surface area contributed by atoms with Crippen LogP contribution >= 0.6 is 0 Å². The average molecular weight is 285 g/mol. The SMILES string of the molecule is Cc1cc(NCc2cccnc2)nc(N2CCOCC2)n1.